The highest BCUT2D eigenvalue weighted by Crippen LogP contribution is 2.10. The zero-order valence-corrected chi connectivity index (χ0v) is 8.66. The lowest BCUT2D eigenvalue weighted by Gasteiger charge is -2.00. The van der Waals surface area contributed by atoms with E-state index in [0.717, 1.165) is 11.3 Å². The van der Waals surface area contributed by atoms with Gasteiger partial charge in [-0.05, 0) is 17.7 Å². The third-order valence-corrected chi connectivity index (χ3v) is 1.83. The van der Waals surface area contributed by atoms with Crippen LogP contribution in [0.5, 0.6) is 0 Å². The summed E-state index contributed by atoms with van der Waals surface area (Å²) in [6.45, 7) is 2.03. The van der Waals surface area contributed by atoms with Crippen molar-refractivity contribution in [1.29, 1.82) is 0 Å². The number of benzene rings is 1. The van der Waals surface area contributed by atoms with Crippen molar-refractivity contribution in [2.24, 2.45) is 5.84 Å². The summed E-state index contributed by atoms with van der Waals surface area (Å²) in [4.78, 5) is 10.6. The number of anilines is 1. The van der Waals surface area contributed by atoms with Gasteiger partial charge in [-0.1, -0.05) is 24.3 Å². The molecule has 80 valence electrons. The highest BCUT2D eigenvalue weighted by atomic mass is 16.1. The molecule has 4 N–H and O–H groups in total. The molecule has 0 aliphatic heterocycles. The first-order chi connectivity index (χ1) is 7.22. The lowest BCUT2D eigenvalue weighted by atomic mass is 10.2. The Bertz CT molecular complexity index is 361. The van der Waals surface area contributed by atoms with Crippen LogP contribution in [0.3, 0.4) is 0 Å². The Hall–Kier alpha value is -1.81. The van der Waals surface area contributed by atoms with E-state index >= 15 is 0 Å². The van der Waals surface area contributed by atoms with Crippen LogP contribution in [0.15, 0.2) is 30.3 Å². The number of carbonyl (C=O) groups excluding carboxylic acids is 1. The van der Waals surface area contributed by atoms with Crippen LogP contribution < -0.4 is 16.6 Å². The van der Waals surface area contributed by atoms with Gasteiger partial charge in [0.05, 0.1) is 0 Å². The molecule has 0 saturated carbocycles. The van der Waals surface area contributed by atoms with E-state index in [1.165, 1.54) is 6.92 Å². The van der Waals surface area contributed by atoms with Gasteiger partial charge in [0.2, 0.25) is 5.91 Å². The highest BCUT2D eigenvalue weighted by Gasteiger charge is 1.90. The molecule has 1 aromatic rings. The van der Waals surface area contributed by atoms with Crippen LogP contribution in [-0.2, 0) is 4.79 Å². The number of hydrogen-bond acceptors (Lipinski definition) is 3. The molecule has 0 bridgehead atoms. The zero-order valence-electron chi connectivity index (χ0n) is 8.66. The topological polar surface area (TPSA) is 67.2 Å². The SMILES string of the molecule is CC(=O)NCC=Cc1cccc(NN)c1. The third kappa shape index (κ3) is 4.28. The minimum atomic E-state index is -0.0305. The van der Waals surface area contributed by atoms with Gasteiger partial charge in [-0.3, -0.25) is 10.6 Å². The Morgan fingerprint density at radius 3 is 3.00 bits per heavy atom. The van der Waals surface area contributed by atoms with E-state index in [9.17, 15) is 4.79 Å². The van der Waals surface area contributed by atoms with Crippen molar-refractivity contribution in [3.8, 4) is 0 Å². The molecule has 1 rings (SSSR count). The number of hydrogen-bond donors (Lipinski definition) is 3. The quantitative estimate of drug-likeness (QED) is 0.509. The number of nitrogen functional groups attached to an aromatic ring is 1. The van der Waals surface area contributed by atoms with Gasteiger partial charge in [0.25, 0.3) is 0 Å². The summed E-state index contributed by atoms with van der Waals surface area (Å²) in [5, 5.41) is 2.68. The van der Waals surface area contributed by atoms with E-state index in [0.29, 0.717) is 6.54 Å². The number of amides is 1. The van der Waals surface area contributed by atoms with E-state index in [2.05, 4.69) is 10.7 Å². The first-order valence-corrected chi connectivity index (χ1v) is 4.70. The smallest absolute Gasteiger partial charge is 0.217 e. The van der Waals surface area contributed by atoms with Crippen molar-refractivity contribution in [1.82, 2.24) is 5.32 Å². The summed E-state index contributed by atoms with van der Waals surface area (Å²) in [7, 11) is 0. The molecular formula is C11H15N3O. The van der Waals surface area contributed by atoms with E-state index in [1.54, 1.807) is 0 Å². The maximum absolute atomic E-state index is 10.6. The summed E-state index contributed by atoms with van der Waals surface area (Å²) in [6, 6.07) is 7.67. The van der Waals surface area contributed by atoms with Gasteiger partial charge < -0.3 is 10.7 Å². The van der Waals surface area contributed by atoms with Crippen molar-refractivity contribution < 1.29 is 4.79 Å². The number of nitrogens with two attached hydrogens (primary N) is 1. The van der Waals surface area contributed by atoms with Gasteiger partial charge in [-0.15, -0.1) is 0 Å². The standard InChI is InChI=1S/C11H15N3O/c1-9(15)13-7-3-5-10-4-2-6-11(8-10)14-12/h2-6,8,14H,7,12H2,1H3,(H,13,15). The maximum Gasteiger partial charge on any atom is 0.217 e. The van der Waals surface area contributed by atoms with Crippen LogP contribution in [0.2, 0.25) is 0 Å². The second-order valence-electron chi connectivity index (χ2n) is 3.11. The normalized spacial score (nSPS) is 10.3. The molecule has 0 spiro atoms. The second kappa shape index (κ2) is 5.82. The van der Waals surface area contributed by atoms with E-state index < -0.39 is 0 Å². The number of hydrazine groups is 1. The average Bonchev–Trinajstić information content (AvgIpc) is 2.24. The Morgan fingerprint density at radius 1 is 1.53 bits per heavy atom. The molecule has 4 nitrogen and oxygen atoms in total. The Kier molecular flexibility index (Phi) is 4.37. The third-order valence-electron chi connectivity index (χ3n) is 1.83. The number of rotatable bonds is 4. The molecule has 0 radical (unpaired) electrons. The van der Waals surface area contributed by atoms with Gasteiger partial charge in [-0.25, -0.2) is 0 Å². The number of carbonyl (C=O) groups is 1. The predicted molar refractivity (Wildman–Crippen MR) is 62.0 cm³/mol. The fraction of sp³-hybridized carbons (Fsp3) is 0.182. The first-order valence-electron chi connectivity index (χ1n) is 4.70. The molecule has 0 atom stereocenters. The fourth-order valence-electron chi connectivity index (χ4n) is 1.13. The second-order valence-corrected chi connectivity index (χ2v) is 3.11. The fourth-order valence-corrected chi connectivity index (χ4v) is 1.13. The van der Waals surface area contributed by atoms with Gasteiger partial charge in [-0.2, -0.15) is 0 Å². The minimum absolute atomic E-state index is 0.0305. The van der Waals surface area contributed by atoms with E-state index in [1.807, 2.05) is 36.4 Å². The van der Waals surface area contributed by atoms with Crippen molar-refractivity contribution in [2.75, 3.05) is 12.0 Å². The lowest BCUT2D eigenvalue weighted by molar-refractivity contribution is -0.118. The van der Waals surface area contributed by atoms with Crippen molar-refractivity contribution in [3.05, 3.63) is 35.9 Å². The summed E-state index contributed by atoms with van der Waals surface area (Å²) in [5.74, 6) is 5.25. The highest BCUT2D eigenvalue weighted by molar-refractivity contribution is 5.73. The molecule has 0 aromatic heterocycles. The lowest BCUT2D eigenvalue weighted by Crippen LogP contribution is -2.19. The molecule has 4 heteroatoms. The summed E-state index contributed by atoms with van der Waals surface area (Å²) >= 11 is 0. The van der Waals surface area contributed by atoms with Gasteiger partial charge in [0.15, 0.2) is 0 Å². The Balaban J connectivity index is 2.52. The molecule has 0 unspecified atom stereocenters. The number of nitrogens with one attached hydrogen (secondary N) is 2. The maximum atomic E-state index is 10.6. The molecule has 0 fully saturated rings. The Labute approximate surface area is 89.1 Å². The molecule has 0 heterocycles. The monoisotopic (exact) mass is 205 g/mol. The van der Waals surface area contributed by atoms with Crippen LogP contribution in [0.4, 0.5) is 5.69 Å². The largest absolute Gasteiger partial charge is 0.353 e. The Morgan fingerprint density at radius 2 is 2.33 bits per heavy atom. The molecule has 1 aromatic carbocycles. The van der Waals surface area contributed by atoms with Gasteiger partial charge in [0, 0.05) is 19.2 Å². The van der Waals surface area contributed by atoms with Crippen molar-refractivity contribution >= 4 is 17.7 Å². The van der Waals surface area contributed by atoms with Crippen LogP contribution in [0, 0.1) is 0 Å². The predicted octanol–water partition coefficient (Wildman–Crippen LogP) is 1.12. The van der Waals surface area contributed by atoms with Crippen LogP contribution in [0.25, 0.3) is 6.08 Å². The molecule has 15 heavy (non-hydrogen) atoms. The summed E-state index contributed by atoms with van der Waals surface area (Å²) in [6.07, 6.45) is 3.81. The van der Waals surface area contributed by atoms with Crippen molar-refractivity contribution in [2.45, 2.75) is 6.92 Å². The molecule has 1 amide bonds. The van der Waals surface area contributed by atoms with Gasteiger partial charge in [0.1, 0.15) is 0 Å². The molecule has 0 saturated heterocycles. The summed E-state index contributed by atoms with van der Waals surface area (Å²) < 4.78 is 0. The van der Waals surface area contributed by atoms with Gasteiger partial charge >= 0.3 is 0 Å². The first kappa shape index (κ1) is 11.3. The molecular weight excluding hydrogens is 190 g/mol. The van der Waals surface area contributed by atoms with Crippen molar-refractivity contribution in [3.63, 3.8) is 0 Å². The zero-order chi connectivity index (χ0) is 11.1. The molecule has 0 aliphatic carbocycles. The van der Waals surface area contributed by atoms with Crippen LogP contribution in [-0.4, -0.2) is 12.5 Å². The van der Waals surface area contributed by atoms with Crippen LogP contribution in [0.1, 0.15) is 12.5 Å². The van der Waals surface area contributed by atoms with E-state index in [4.69, 9.17) is 5.84 Å². The summed E-state index contributed by atoms with van der Waals surface area (Å²) in [5.41, 5.74) is 4.47. The average molecular weight is 205 g/mol. The van der Waals surface area contributed by atoms with E-state index in [-0.39, 0.29) is 5.91 Å². The molecule has 0 aliphatic rings. The minimum Gasteiger partial charge on any atom is -0.353 e. The van der Waals surface area contributed by atoms with Crippen LogP contribution >= 0.6 is 0 Å².